The van der Waals surface area contributed by atoms with E-state index in [2.05, 4.69) is 10.6 Å². The molecule has 0 bridgehead atoms. The van der Waals surface area contributed by atoms with Gasteiger partial charge in [-0.3, -0.25) is 9.59 Å². The van der Waals surface area contributed by atoms with Gasteiger partial charge in [0, 0.05) is 26.2 Å². The Bertz CT molecular complexity index is 907. The van der Waals surface area contributed by atoms with Gasteiger partial charge in [-0.1, -0.05) is 24.3 Å². The maximum Gasteiger partial charge on any atom is 0.243 e. The Kier molecular flexibility index (Phi) is 6.70. The summed E-state index contributed by atoms with van der Waals surface area (Å²) in [6.45, 7) is 3.43. The lowest BCUT2D eigenvalue weighted by molar-refractivity contribution is -0.121. The van der Waals surface area contributed by atoms with E-state index in [1.807, 2.05) is 12.1 Å². The van der Waals surface area contributed by atoms with Gasteiger partial charge in [-0.2, -0.15) is 4.31 Å². The van der Waals surface area contributed by atoms with Crippen molar-refractivity contribution in [2.24, 2.45) is 0 Å². The van der Waals surface area contributed by atoms with Crippen LogP contribution in [-0.2, 0) is 19.6 Å². The zero-order chi connectivity index (χ0) is 20.0. The molecule has 0 saturated carbocycles. The number of benzene rings is 2. The molecule has 0 atom stereocenters. The molecule has 8 heteroatoms. The van der Waals surface area contributed by atoms with Gasteiger partial charge in [0.15, 0.2) is 0 Å². The summed E-state index contributed by atoms with van der Waals surface area (Å²) in [4.78, 5) is 22.8. The van der Waals surface area contributed by atoms with E-state index in [9.17, 15) is 18.0 Å². The second-order valence-electron chi connectivity index (χ2n) is 6.00. The van der Waals surface area contributed by atoms with Gasteiger partial charge in [-0.05, 0) is 42.3 Å². The summed E-state index contributed by atoms with van der Waals surface area (Å²) >= 11 is 0. The second kappa shape index (κ2) is 8.79. The van der Waals surface area contributed by atoms with Crippen molar-refractivity contribution in [2.75, 3.05) is 25.5 Å². The molecule has 2 rings (SSSR count). The Labute approximate surface area is 159 Å². The Morgan fingerprint density at radius 1 is 0.963 bits per heavy atom. The van der Waals surface area contributed by atoms with E-state index in [1.165, 1.54) is 26.1 Å². The number of amides is 2. The monoisotopic (exact) mass is 389 g/mol. The predicted molar refractivity (Wildman–Crippen MR) is 105 cm³/mol. The maximum atomic E-state index is 12.6. The van der Waals surface area contributed by atoms with Crippen molar-refractivity contribution >= 4 is 27.5 Å². The minimum atomic E-state index is -3.75. The van der Waals surface area contributed by atoms with E-state index in [-0.39, 0.29) is 23.3 Å². The minimum Gasteiger partial charge on any atom is -0.355 e. The molecule has 7 nitrogen and oxygen atoms in total. The summed E-state index contributed by atoms with van der Waals surface area (Å²) < 4.78 is 26.2. The van der Waals surface area contributed by atoms with Gasteiger partial charge < -0.3 is 10.6 Å². The summed E-state index contributed by atoms with van der Waals surface area (Å²) in [7, 11) is -2.37. The van der Waals surface area contributed by atoms with E-state index in [0.717, 1.165) is 15.4 Å². The van der Waals surface area contributed by atoms with Crippen molar-refractivity contribution in [1.82, 2.24) is 9.62 Å². The Hall–Kier alpha value is -2.71. The molecule has 2 amide bonds. The first-order valence-electron chi connectivity index (χ1n) is 8.45. The lowest BCUT2D eigenvalue weighted by Gasteiger charge is -2.17. The molecule has 2 aromatic rings. The first kappa shape index (κ1) is 20.6. The summed E-state index contributed by atoms with van der Waals surface area (Å²) in [6.07, 6.45) is 0. The molecular formula is C19H23N3O4S. The van der Waals surface area contributed by atoms with Gasteiger partial charge in [0.2, 0.25) is 21.8 Å². The summed E-state index contributed by atoms with van der Waals surface area (Å²) in [5.41, 5.74) is 2.43. The molecule has 2 aromatic carbocycles. The van der Waals surface area contributed by atoms with Crippen LogP contribution in [0.4, 0.5) is 5.69 Å². The van der Waals surface area contributed by atoms with Gasteiger partial charge in [-0.25, -0.2) is 8.42 Å². The first-order chi connectivity index (χ1) is 12.7. The molecular weight excluding hydrogens is 366 g/mol. The minimum absolute atomic E-state index is 0.118. The van der Waals surface area contributed by atoms with Crippen molar-refractivity contribution in [2.45, 2.75) is 18.7 Å². The third-order valence-corrected chi connectivity index (χ3v) is 5.66. The molecule has 27 heavy (non-hydrogen) atoms. The van der Waals surface area contributed by atoms with Crippen molar-refractivity contribution < 1.29 is 18.0 Å². The molecule has 0 fully saturated rings. The standard InChI is InChI=1S/C19H23N3O4S/c1-4-20-19(24)13-22(3)27(25,26)18-11-7-16(8-12-18)15-5-9-17(10-6-15)21-14(2)23/h5-12H,4,13H2,1-3H3,(H,20,24)(H,21,23). The van der Waals surface area contributed by atoms with Gasteiger partial charge in [0.1, 0.15) is 0 Å². The number of nitrogens with zero attached hydrogens (tertiary/aromatic N) is 1. The number of nitrogens with one attached hydrogen (secondary N) is 2. The zero-order valence-corrected chi connectivity index (χ0v) is 16.3. The van der Waals surface area contributed by atoms with E-state index >= 15 is 0 Å². The highest BCUT2D eigenvalue weighted by atomic mass is 32.2. The third kappa shape index (κ3) is 5.38. The van der Waals surface area contributed by atoms with Crippen molar-refractivity contribution in [3.8, 4) is 11.1 Å². The van der Waals surface area contributed by atoms with Crippen LogP contribution in [0.15, 0.2) is 53.4 Å². The molecule has 0 aliphatic rings. The number of likely N-dealkylation sites (N-methyl/N-ethyl adjacent to an activating group) is 2. The Balaban J connectivity index is 2.16. The average molecular weight is 389 g/mol. The number of hydrogen-bond donors (Lipinski definition) is 2. The number of sulfonamides is 1. The third-order valence-electron chi connectivity index (χ3n) is 3.84. The summed E-state index contributed by atoms with van der Waals surface area (Å²) in [6, 6.07) is 13.7. The second-order valence-corrected chi connectivity index (χ2v) is 8.04. The first-order valence-corrected chi connectivity index (χ1v) is 9.89. The van der Waals surface area contributed by atoms with Crippen molar-refractivity contribution in [1.29, 1.82) is 0 Å². The number of carbonyl (C=O) groups excluding carboxylic acids is 2. The van der Waals surface area contributed by atoms with Crippen LogP contribution < -0.4 is 10.6 Å². The molecule has 144 valence electrons. The lowest BCUT2D eigenvalue weighted by Crippen LogP contribution is -2.38. The molecule has 0 heterocycles. The van der Waals surface area contributed by atoms with Crippen LogP contribution in [0.2, 0.25) is 0 Å². The number of anilines is 1. The smallest absolute Gasteiger partial charge is 0.243 e. The zero-order valence-electron chi connectivity index (χ0n) is 15.5. The topological polar surface area (TPSA) is 95.6 Å². The van der Waals surface area contributed by atoms with Crippen LogP contribution in [-0.4, -0.2) is 44.7 Å². The van der Waals surface area contributed by atoms with Gasteiger partial charge in [0.25, 0.3) is 0 Å². The highest BCUT2D eigenvalue weighted by Crippen LogP contribution is 2.24. The fourth-order valence-electron chi connectivity index (χ4n) is 2.49. The molecule has 0 saturated heterocycles. The van der Waals surface area contributed by atoms with Crippen LogP contribution in [0.5, 0.6) is 0 Å². The van der Waals surface area contributed by atoms with E-state index in [0.29, 0.717) is 12.2 Å². The quantitative estimate of drug-likeness (QED) is 0.758. The van der Waals surface area contributed by atoms with E-state index in [4.69, 9.17) is 0 Å². The molecule has 2 N–H and O–H groups in total. The van der Waals surface area contributed by atoms with Crippen LogP contribution in [0, 0.1) is 0 Å². The maximum absolute atomic E-state index is 12.6. The number of hydrogen-bond acceptors (Lipinski definition) is 4. The molecule has 0 aromatic heterocycles. The predicted octanol–water partition coefficient (Wildman–Crippen LogP) is 2.07. The van der Waals surface area contributed by atoms with Crippen LogP contribution in [0.3, 0.4) is 0 Å². The molecule has 0 radical (unpaired) electrons. The molecule has 0 aliphatic heterocycles. The highest BCUT2D eigenvalue weighted by molar-refractivity contribution is 7.89. The van der Waals surface area contributed by atoms with Crippen LogP contribution in [0.25, 0.3) is 11.1 Å². The molecule has 0 aliphatic carbocycles. The van der Waals surface area contributed by atoms with Crippen LogP contribution >= 0.6 is 0 Å². The lowest BCUT2D eigenvalue weighted by atomic mass is 10.1. The number of rotatable bonds is 7. The normalized spacial score (nSPS) is 11.3. The fraction of sp³-hybridized carbons (Fsp3) is 0.263. The largest absolute Gasteiger partial charge is 0.355 e. The summed E-state index contributed by atoms with van der Waals surface area (Å²) in [5.74, 6) is -0.492. The van der Waals surface area contributed by atoms with Crippen LogP contribution in [0.1, 0.15) is 13.8 Å². The van der Waals surface area contributed by atoms with E-state index in [1.54, 1.807) is 31.2 Å². The highest BCUT2D eigenvalue weighted by Gasteiger charge is 2.22. The van der Waals surface area contributed by atoms with E-state index < -0.39 is 10.0 Å². The Morgan fingerprint density at radius 2 is 1.48 bits per heavy atom. The Morgan fingerprint density at radius 3 is 1.96 bits per heavy atom. The van der Waals surface area contributed by atoms with Gasteiger partial charge in [0.05, 0.1) is 11.4 Å². The number of carbonyl (C=O) groups is 2. The fourth-order valence-corrected chi connectivity index (χ4v) is 3.62. The van der Waals surface area contributed by atoms with Crippen molar-refractivity contribution in [3.63, 3.8) is 0 Å². The average Bonchev–Trinajstić information content (AvgIpc) is 2.62. The van der Waals surface area contributed by atoms with Gasteiger partial charge >= 0.3 is 0 Å². The SMILES string of the molecule is CCNC(=O)CN(C)S(=O)(=O)c1ccc(-c2ccc(NC(C)=O)cc2)cc1. The van der Waals surface area contributed by atoms with Gasteiger partial charge in [-0.15, -0.1) is 0 Å². The molecule has 0 spiro atoms. The van der Waals surface area contributed by atoms with Crippen molar-refractivity contribution in [3.05, 3.63) is 48.5 Å². The summed E-state index contributed by atoms with van der Waals surface area (Å²) in [5, 5.41) is 5.27. The molecule has 0 unspecified atom stereocenters.